The number of phenols is 1. The van der Waals surface area contributed by atoms with E-state index in [-0.39, 0.29) is 17.2 Å². The first-order chi connectivity index (χ1) is 6.93. The Morgan fingerprint density at radius 1 is 1.33 bits per heavy atom. The van der Waals surface area contributed by atoms with E-state index in [4.69, 9.17) is 5.11 Å². The second-order valence-corrected chi connectivity index (χ2v) is 3.71. The van der Waals surface area contributed by atoms with E-state index >= 15 is 0 Å². The van der Waals surface area contributed by atoms with Crippen LogP contribution in [-0.4, -0.2) is 21.3 Å². The number of carboxylic acids is 1. The van der Waals surface area contributed by atoms with Gasteiger partial charge in [0.15, 0.2) is 6.10 Å². The predicted molar refractivity (Wildman–Crippen MR) is 54.8 cm³/mol. The van der Waals surface area contributed by atoms with Crippen molar-refractivity contribution in [2.75, 3.05) is 0 Å². The van der Waals surface area contributed by atoms with Gasteiger partial charge >= 0.3 is 5.97 Å². The Morgan fingerprint density at radius 2 is 1.93 bits per heavy atom. The highest BCUT2D eigenvalue weighted by atomic mass is 16.4. The van der Waals surface area contributed by atoms with E-state index in [0.29, 0.717) is 5.56 Å². The maximum Gasteiger partial charge on any atom is 0.337 e. The third kappa shape index (κ3) is 2.47. The molecule has 0 amide bonds. The molecule has 0 saturated heterocycles. The molecule has 1 aromatic carbocycles. The zero-order valence-corrected chi connectivity index (χ0v) is 8.64. The molecule has 1 rings (SSSR count). The summed E-state index contributed by atoms with van der Waals surface area (Å²) in [4.78, 5) is 10.6. The standard InChI is InChI=1S/C11H14O4/c1-6(2)8-5-7(3-4-9(8)12)10(13)11(14)15/h3-6,10,12-13H,1-2H3,(H,14,15). The molecule has 1 atom stereocenters. The maximum absolute atomic E-state index is 10.6. The first-order valence-corrected chi connectivity index (χ1v) is 4.67. The molecule has 0 fully saturated rings. The third-order valence-electron chi connectivity index (χ3n) is 2.22. The number of benzene rings is 1. The van der Waals surface area contributed by atoms with E-state index in [1.54, 1.807) is 0 Å². The fourth-order valence-electron chi connectivity index (χ4n) is 1.35. The van der Waals surface area contributed by atoms with Crippen LogP contribution in [0.5, 0.6) is 5.75 Å². The van der Waals surface area contributed by atoms with Crippen molar-refractivity contribution in [2.45, 2.75) is 25.9 Å². The van der Waals surface area contributed by atoms with Crippen LogP contribution in [0.4, 0.5) is 0 Å². The molecule has 0 radical (unpaired) electrons. The van der Waals surface area contributed by atoms with E-state index in [9.17, 15) is 15.0 Å². The van der Waals surface area contributed by atoms with Crippen molar-refractivity contribution in [3.05, 3.63) is 29.3 Å². The van der Waals surface area contributed by atoms with Crippen LogP contribution in [-0.2, 0) is 4.79 Å². The van der Waals surface area contributed by atoms with E-state index in [1.807, 2.05) is 13.8 Å². The first-order valence-electron chi connectivity index (χ1n) is 4.67. The lowest BCUT2D eigenvalue weighted by atomic mass is 9.97. The van der Waals surface area contributed by atoms with Crippen molar-refractivity contribution >= 4 is 5.97 Å². The molecule has 1 aromatic rings. The SMILES string of the molecule is CC(C)c1cc(C(O)C(=O)O)ccc1O. The van der Waals surface area contributed by atoms with Gasteiger partial charge in [0.1, 0.15) is 5.75 Å². The number of aliphatic carboxylic acids is 1. The van der Waals surface area contributed by atoms with Crippen molar-refractivity contribution in [1.29, 1.82) is 0 Å². The third-order valence-corrected chi connectivity index (χ3v) is 2.22. The van der Waals surface area contributed by atoms with Crippen LogP contribution in [0.15, 0.2) is 18.2 Å². The number of aromatic hydroxyl groups is 1. The number of carboxylic acid groups (broad SMARTS) is 1. The van der Waals surface area contributed by atoms with Gasteiger partial charge in [-0.05, 0) is 29.2 Å². The molecule has 0 heterocycles. The van der Waals surface area contributed by atoms with Gasteiger partial charge in [-0.25, -0.2) is 4.79 Å². The summed E-state index contributed by atoms with van der Waals surface area (Å²) in [6.45, 7) is 3.76. The van der Waals surface area contributed by atoms with Crippen LogP contribution in [0.1, 0.15) is 37.0 Å². The van der Waals surface area contributed by atoms with Gasteiger partial charge < -0.3 is 15.3 Å². The van der Waals surface area contributed by atoms with Crippen LogP contribution in [0.25, 0.3) is 0 Å². The summed E-state index contributed by atoms with van der Waals surface area (Å²) in [5, 5.41) is 27.4. The van der Waals surface area contributed by atoms with E-state index in [0.717, 1.165) is 0 Å². The van der Waals surface area contributed by atoms with Crippen molar-refractivity contribution in [3.63, 3.8) is 0 Å². The van der Waals surface area contributed by atoms with Gasteiger partial charge in [-0.2, -0.15) is 0 Å². The van der Waals surface area contributed by atoms with Gasteiger partial charge in [0, 0.05) is 0 Å². The molecule has 4 nitrogen and oxygen atoms in total. The second kappa shape index (κ2) is 4.31. The number of aliphatic hydroxyl groups is 1. The lowest BCUT2D eigenvalue weighted by Gasteiger charge is -2.12. The summed E-state index contributed by atoms with van der Waals surface area (Å²) < 4.78 is 0. The maximum atomic E-state index is 10.6. The van der Waals surface area contributed by atoms with Crippen LogP contribution >= 0.6 is 0 Å². The highest BCUT2D eigenvalue weighted by Crippen LogP contribution is 2.28. The summed E-state index contributed by atoms with van der Waals surface area (Å²) in [6, 6.07) is 4.32. The van der Waals surface area contributed by atoms with Crippen molar-refractivity contribution in [3.8, 4) is 5.75 Å². The van der Waals surface area contributed by atoms with Gasteiger partial charge in [-0.1, -0.05) is 19.9 Å². The normalized spacial score (nSPS) is 12.8. The molecule has 0 aromatic heterocycles. The summed E-state index contributed by atoms with van der Waals surface area (Å²) in [6.07, 6.45) is -1.54. The number of aliphatic hydroxyl groups excluding tert-OH is 1. The number of hydrogen-bond donors (Lipinski definition) is 3. The number of hydrogen-bond acceptors (Lipinski definition) is 3. The van der Waals surface area contributed by atoms with Gasteiger partial charge in [0.2, 0.25) is 0 Å². The fraction of sp³-hybridized carbons (Fsp3) is 0.364. The molecule has 1 unspecified atom stereocenters. The molecule has 82 valence electrons. The van der Waals surface area contributed by atoms with Gasteiger partial charge in [-0.15, -0.1) is 0 Å². The Labute approximate surface area is 87.8 Å². The van der Waals surface area contributed by atoms with E-state index < -0.39 is 12.1 Å². The number of phenolic OH excluding ortho intramolecular Hbond substituents is 1. The molecule has 0 spiro atoms. The summed E-state index contributed by atoms with van der Waals surface area (Å²) in [5.74, 6) is -1.10. The minimum atomic E-state index is -1.54. The predicted octanol–water partition coefficient (Wildman–Crippen LogP) is 1.63. The second-order valence-electron chi connectivity index (χ2n) is 3.71. The molecule has 3 N–H and O–H groups in total. The van der Waals surface area contributed by atoms with Crippen LogP contribution in [0, 0.1) is 0 Å². The van der Waals surface area contributed by atoms with Crippen LogP contribution < -0.4 is 0 Å². The molecule has 0 aliphatic carbocycles. The Kier molecular flexibility index (Phi) is 3.31. The smallest absolute Gasteiger partial charge is 0.337 e. The summed E-state index contributed by atoms with van der Waals surface area (Å²) >= 11 is 0. The molecule has 15 heavy (non-hydrogen) atoms. The topological polar surface area (TPSA) is 77.8 Å². The quantitative estimate of drug-likeness (QED) is 0.708. The highest BCUT2D eigenvalue weighted by molar-refractivity contribution is 5.74. The number of carbonyl (C=O) groups is 1. The molecule has 4 heteroatoms. The Balaban J connectivity index is 3.13. The van der Waals surface area contributed by atoms with E-state index in [1.165, 1.54) is 18.2 Å². The van der Waals surface area contributed by atoms with Crippen molar-refractivity contribution in [1.82, 2.24) is 0 Å². The average Bonchev–Trinajstić information content (AvgIpc) is 2.16. The lowest BCUT2D eigenvalue weighted by Crippen LogP contribution is -2.10. The monoisotopic (exact) mass is 210 g/mol. The zero-order chi connectivity index (χ0) is 11.6. The fourth-order valence-corrected chi connectivity index (χ4v) is 1.35. The highest BCUT2D eigenvalue weighted by Gasteiger charge is 2.17. The zero-order valence-electron chi connectivity index (χ0n) is 8.64. The van der Waals surface area contributed by atoms with Crippen molar-refractivity contribution < 1.29 is 20.1 Å². The average molecular weight is 210 g/mol. The summed E-state index contributed by atoms with van der Waals surface area (Å²) in [5.41, 5.74) is 0.914. The molecular formula is C11H14O4. The van der Waals surface area contributed by atoms with Gasteiger partial charge in [0.05, 0.1) is 0 Å². The molecule has 0 saturated carbocycles. The summed E-state index contributed by atoms with van der Waals surface area (Å²) in [7, 11) is 0. The lowest BCUT2D eigenvalue weighted by molar-refractivity contribution is -0.146. The van der Waals surface area contributed by atoms with Crippen LogP contribution in [0.3, 0.4) is 0 Å². The Bertz CT molecular complexity index is 371. The van der Waals surface area contributed by atoms with Crippen molar-refractivity contribution in [2.24, 2.45) is 0 Å². The molecular weight excluding hydrogens is 196 g/mol. The minimum Gasteiger partial charge on any atom is -0.508 e. The first kappa shape index (κ1) is 11.5. The van der Waals surface area contributed by atoms with Gasteiger partial charge in [0.25, 0.3) is 0 Å². The molecule has 0 aliphatic rings. The molecule has 0 aliphatic heterocycles. The Morgan fingerprint density at radius 3 is 2.40 bits per heavy atom. The van der Waals surface area contributed by atoms with Crippen LogP contribution in [0.2, 0.25) is 0 Å². The Hall–Kier alpha value is -1.55. The van der Waals surface area contributed by atoms with E-state index in [2.05, 4.69) is 0 Å². The van der Waals surface area contributed by atoms with Gasteiger partial charge in [-0.3, -0.25) is 0 Å². The minimum absolute atomic E-state index is 0.0749. The number of rotatable bonds is 3. The molecule has 0 bridgehead atoms. The largest absolute Gasteiger partial charge is 0.508 e.